The van der Waals surface area contributed by atoms with Gasteiger partial charge in [0.25, 0.3) is 0 Å². The van der Waals surface area contributed by atoms with E-state index in [1.54, 1.807) is 12.1 Å². The highest BCUT2D eigenvalue weighted by Gasteiger charge is 2.25. The van der Waals surface area contributed by atoms with Crippen molar-refractivity contribution in [3.05, 3.63) is 29.8 Å². The molecule has 1 aromatic rings. The van der Waals surface area contributed by atoms with Crippen LogP contribution in [0.2, 0.25) is 0 Å². The van der Waals surface area contributed by atoms with E-state index in [4.69, 9.17) is 0 Å². The number of nitrogens with zero attached hydrogens (tertiary/aromatic N) is 1. The van der Waals surface area contributed by atoms with E-state index in [2.05, 4.69) is 15.6 Å². The number of aliphatic imine (C=N–C) groups is 1. The molecular weight excluding hydrogens is 449 g/mol. The predicted molar refractivity (Wildman–Crippen MR) is 116 cm³/mol. The van der Waals surface area contributed by atoms with Crippen LogP contribution >= 0.6 is 24.0 Å². The van der Waals surface area contributed by atoms with Crippen LogP contribution in [-0.2, 0) is 17.3 Å². The van der Waals surface area contributed by atoms with Crippen LogP contribution < -0.4 is 10.6 Å². The molecule has 3 atom stereocenters. The Labute approximate surface area is 170 Å². The standard InChI is InChI=1S/C18H29N3O2S.HI/c1-3-19-18(20-13-14-8-10-16(22)11-9-14)21-15-6-5-7-17(12-15)24(23)4-2;/h8-11,15,17,22H,3-7,12-13H2,1-2H3,(H2,19,20,21);1H. The van der Waals surface area contributed by atoms with Gasteiger partial charge in [-0.15, -0.1) is 24.0 Å². The largest absolute Gasteiger partial charge is 0.508 e. The molecule has 1 aromatic carbocycles. The van der Waals surface area contributed by atoms with Crippen LogP contribution in [0.4, 0.5) is 0 Å². The zero-order chi connectivity index (χ0) is 17.4. The fourth-order valence-corrected chi connectivity index (χ4v) is 4.38. The van der Waals surface area contributed by atoms with Crippen LogP contribution in [0.3, 0.4) is 0 Å². The first-order chi connectivity index (χ1) is 11.6. The lowest BCUT2D eigenvalue weighted by molar-refractivity contribution is 0.413. The zero-order valence-electron chi connectivity index (χ0n) is 15.0. The van der Waals surface area contributed by atoms with Gasteiger partial charge in [0.2, 0.25) is 0 Å². The summed E-state index contributed by atoms with van der Waals surface area (Å²) < 4.78 is 12.1. The molecule has 3 N–H and O–H groups in total. The normalized spacial score (nSPS) is 21.9. The molecule has 0 aromatic heterocycles. The fraction of sp³-hybridized carbons (Fsp3) is 0.611. The first kappa shape index (κ1) is 22.2. The Morgan fingerprint density at radius 3 is 2.64 bits per heavy atom. The number of phenols is 1. The highest BCUT2D eigenvalue weighted by atomic mass is 127. The SMILES string of the molecule is CCNC(=NCc1ccc(O)cc1)NC1CCCC(S(=O)CC)C1.I. The molecule has 0 saturated heterocycles. The van der Waals surface area contributed by atoms with E-state index in [0.29, 0.717) is 17.8 Å². The first-order valence-corrected chi connectivity index (χ1v) is 10.2. The van der Waals surface area contributed by atoms with E-state index in [-0.39, 0.29) is 29.7 Å². The average molecular weight is 479 g/mol. The van der Waals surface area contributed by atoms with Crippen molar-refractivity contribution in [1.82, 2.24) is 10.6 Å². The highest BCUT2D eigenvalue weighted by Crippen LogP contribution is 2.23. The number of guanidine groups is 1. The number of aromatic hydroxyl groups is 1. The third kappa shape index (κ3) is 7.52. The van der Waals surface area contributed by atoms with Gasteiger partial charge in [-0.2, -0.15) is 0 Å². The van der Waals surface area contributed by atoms with Crippen molar-refractivity contribution in [2.24, 2.45) is 4.99 Å². The Morgan fingerprint density at radius 1 is 1.28 bits per heavy atom. The maximum Gasteiger partial charge on any atom is 0.191 e. The molecule has 142 valence electrons. The number of nitrogens with one attached hydrogen (secondary N) is 2. The van der Waals surface area contributed by atoms with E-state index in [0.717, 1.165) is 49.5 Å². The van der Waals surface area contributed by atoms with Crippen LogP contribution in [0, 0.1) is 0 Å². The number of halogens is 1. The summed E-state index contributed by atoms with van der Waals surface area (Å²) in [6, 6.07) is 7.44. The molecule has 0 bridgehead atoms. The first-order valence-electron chi connectivity index (χ1n) is 8.82. The van der Waals surface area contributed by atoms with E-state index >= 15 is 0 Å². The lowest BCUT2D eigenvalue weighted by Gasteiger charge is -2.30. The Kier molecular flexibility index (Phi) is 10.4. The topological polar surface area (TPSA) is 73.7 Å². The number of hydrogen-bond acceptors (Lipinski definition) is 3. The van der Waals surface area contributed by atoms with E-state index in [9.17, 15) is 9.32 Å². The van der Waals surface area contributed by atoms with Gasteiger partial charge in [-0.3, -0.25) is 4.21 Å². The molecule has 1 saturated carbocycles. The van der Waals surface area contributed by atoms with Crippen molar-refractivity contribution in [3.8, 4) is 5.75 Å². The van der Waals surface area contributed by atoms with Crippen LogP contribution in [-0.4, -0.2) is 38.9 Å². The fourth-order valence-electron chi connectivity index (χ4n) is 3.04. The summed E-state index contributed by atoms with van der Waals surface area (Å²) in [4.78, 5) is 4.63. The van der Waals surface area contributed by atoms with Crippen molar-refractivity contribution in [1.29, 1.82) is 0 Å². The summed E-state index contributed by atoms with van der Waals surface area (Å²) in [6.45, 7) is 5.41. The smallest absolute Gasteiger partial charge is 0.191 e. The quantitative estimate of drug-likeness (QED) is 0.333. The molecule has 2 rings (SSSR count). The number of benzene rings is 1. The van der Waals surface area contributed by atoms with Crippen LogP contribution in [0.25, 0.3) is 0 Å². The van der Waals surface area contributed by atoms with Crippen molar-refractivity contribution in [2.75, 3.05) is 12.3 Å². The lowest BCUT2D eigenvalue weighted by Crippen LogP contribution is -2.46. The average Bonchev–Trinajstić information content (AvgIpc) is 2.61. The van der Waals surface area contributed by atoms with Gasteiger partial charge in [0.1, 0.15) is 5.75 Å². The summed E-state index contributed by atoms with van der Waals surface area (Å²) in [5.74, 6) is 1.82. The Morgan fingerprint density at radius 2 is 2.00 bits per heavy atom. The second kappa shape index (κ2) is 11.7. The van der Waals surface area contributed by atoms with Gasteiger partial charge in [0.15, 0.2) is 5.96 Å². The van der Waals surface area contributed by atoms with Crippen LogP contribution in [0.15, 0.2) is 29.3 Å². The summed E-state index contributed by atoms with van der Waals surface area (Å²) >= 11 is 0. The second-order valence-electron chi connectivity index (χ2n) is 6.16. The van der Waals surface area contributed by atoms with Crippen molar-refractivity contribution < 1.29 is 9.32 Å². The Bertz CT molecular complexity index is 566. The number of hydrogen-bond donors (Lipinski definition) is 3. The predicted octanol–water partition coefficient (Wildman–Crippen LogP) is 3.15. The molecule has 0 aliphatic heterocycles. The van der Waals surface area contributed by atoms with Crippen molar-refractivity contribution >= 4 is 40.7 Å². The molecular formula is C18H30IN3O2S. The second-order valence-corrected chi connectivity index (χ2v) is 8.17. The van der Waals surface area contributed by atoms with Crippen LogP contribution in [0.1, 0.15) is 45.1 Å². The van der Waals surface area contributed by atoms with Gasteiger partial charge in [-0.25, -0.2) is 4.99 Å². The zero-order valence-corrected chi connectivity index (χ0v) is 18.2. The molecule has 3 unspecified atom stereocenters. The minimum absolute atomic E-state index is 0. The van der Waals surface area contributed by atoms with E-state index < -0.39 is 10.8 Å². The van der Waals surface area contributed by atoms with Gasteiger partial charge < -0.3 is 15.7 Å². The van der Waals surface area contributed by atoms with E-state index in [1.807, 2.05) is 26.0 Å². The van der Waals surface area contributed by atoms with Gasteiger partial charge in [-0.1, -0.05) is 25.5 Å². The van der Waals surface area contributed by atoms with Gasteiger partial charge in [0.05, 0.1) is 6.54 Å². The molecule has 25 heavy (non-hydrogen) atoms. The molecule has 7 heteroatoms. The molecule has 5 nitrogen and oxygen atoms in total. The lowest BCUT2D eigenvalue weighted by atomic mass is 9.95. The molecule has 1 fully saturated rings. The third-order valence-electron chi connectivity index (χ3n) is 4.32. The minimum Gasteiger partial charge on any atom is -0.508 e. The summed E-state index contributed by atoms with van der Waals surface area (Å²) in [7, 11) is -0.712. The highest BCUT2D eigenvalue weighted by molar-refractivity contribution is 14.0. The summed E-state index contributed by atoms with van der Waals surface area (Å²) in [6.07, 6.45) is 4.23. The molecule has 0 amide bonds. The molecule has 0 spiro atoms. The van der Waals surface area contributed by atoms with Gasteiger partial charge >= 0.3 is 0 Å². The number of phenolic OH excluding ortho intramolecular Hbond substituents is 1. The third-order valence-corrected chi connectivity index (χ3v) is 6.06. The Hall–Kier alpha value is -0.830. The van der Waals surface area contributed by atoms with Crippen LogP contribution in [0.5, 0.6) is 5.75 Å². The summed E-state index contributed by atoms with van der Waals surface area (Å²) in [5, 5.41) is 16.4. The molecule has 1 aliphatic rings. The van der Waals surface area contributed by atoms with E-state index in [1.165, 1.54) is 0 Å². The minimum atomic E-state index is -0.712. The van der Waals surface area contributed by atoms with Gasteiger partial charge in [-0.05, 0) is 43.9 Å². The van der Waals surface area contributed by atoms with Crippen molar-refractivity contribution in [2.45, 2.75) is 57.4 Å². The Balaban J connectivity index is 0.00000312. The molecule has 0 radical (unpaired) electrons. The molecule has 0 heterocycles. The maximum absolute atomic E-state index is 12.1. The maximum atomic E-state index is 12.1. The molecule has 1 aliphatic carbocycles. The van der Waals surface area contributed by atoms with Gasteiger partial charge in [0, 0.05) is 34.4 Å². The monoisotopic (exact) mass is 479 g/mol. The number of rotatable bonds is 6. The van der Waals surface area contributed by atoms with Crippen molar-refractivity contribution in [3.63, 3.8) is 0 Å². The summed E-state index contributed by atoms with van der Waals surface area (Å²) in [5.41, 5.74) is 1.05.